The third-order valence-electron chi connectivity index (χ3n) is 4.01. The second kappa shape index (κ2) is 9.49. The highest BCUT2D eigenvalue weighted by Crippen LogP contribution is 2.28. The molecule has 0 unspecified atom stereocenters. The smallest absolute Gasteiger partial charge is 0.362 e. The van der Waals surface area contributed by atoms with Gasteiger partial charge in [-0.3, -0.25) is 4.79 Å². The molecule has 0 bridgehead atoms. The first kappa shape index (κ1) is 23.4. The largest absolute Gasteiger partial charge is 0.495 e. The van der Waals surface area contributed by atoms with E-state index in [0.29, 0.717) is 16.2 Å². The zero-order valence-corrected chi connectivity index (χ0v) is 19.1. The molecule has 3 aromatic rings. The third kappa shape index (κ3) is 4.97. The molecule has 1 aromatic heterocycles. The lowest BCUT2D eigenvalue weighted by Crippen LogP contribution is -2.26. The molecule has 0 aliphatic heterocycles. The van der Waals surface area contributed by atoms with E-state index in [1.165, 1.54) is 14.0 Å². The van der Waals surface area contributed by atoms with E-state index in [0.717, 1.165) is 22.9 Å². The Balaban J connectivity index is 2.16. The number of carbonyl (C=O) groups excluding carboxylic acids is 1. The van der Waals surface area contributed by atoms with Crippen LogP contribution in [-0.2, 0) is 14.9 Å². The molecule has 0 amide bonds. The molecule has 12 heteroatoms. The Hall–Kier alpha value is -3.25. The minimum absolute atomic E-state index is 0.0412. The van der Waals surface area contributed by atoms with E-state index in [1.807, 2.05) is 0 Å². The molecule has 0 saturated carbocycles. The first-order valence-electron chi connectivity index (χ1n) is 9.01. The van der Waals surface area contributed by atoms with Crippen LogP contribution in [0.3, 0.4) is 0 Å². The summed E-state index contributed by atoms with van der Waals surface area (Å²) in [5.41, 5.74) is -1.05. The fraction of sp³-hybridized carbons (Fsp3) is 0.150. The Labute approximate surface area is 190 Å². The molecular formula is C20H16BrFN2O7S. The van der Waals surface area contributed by atoms with Gasteiger partial charge in [0, 0.05) is 4.47 Å². The minimum atomic E-state index is -4.72. The molecule has 3 rings (SSSR count). The molecule has 0 saturated heterocycles. The van der Waals surface area contributed by atoms with Gasteiger partial charge >= 0.3 is 16.1 Å². The van der Waals surface area contributed by atoms with Crippen molar-refractivity contribution >= 4 is 32.0 Å². The first-order chi connectivity index (χ1) is 15.2. The van der Waals surface area contributed by atoms with Crippen LogP contribution in [0, 0.1) is 5.82 Å². The summed E-state index contributed by atoms with van der Waals surface area (Å²) in [6, 6.07) is 10.1. The van der Waals surface area contributed by atoms with E-state index in [-0.39, 0.29) is 12.4 Å². The SMILES string of the molecule is CCOC(=O)c1nn(-c2cccc(Br)c2)c(=O)cc1OS(=O)(=O)c1cc(F)ccc1OC. The van der Waals surface area contributed by atoms with Crippen LogP contribution in [0.4, 0.5) is 4.39 Å². The fourth-order valence-corrected chi connectivity index (χ4v) is 4.14. The lowest BCUT2D eigenvalue weighted by molar-refractivity contribution is 0.0515. The molecule has 32 heavy (non-hydrogen) atoms. The fourth-order valence-electron chi connectivity index (χ4n) is 2.65. The van der Waals surface area contributed by atoms with Crippen molar-refractivity contribution in [2.24, 2.45) is 0 Å². The molecule has 1 heterocycles. The summed E-state index contributed by atoms with van der Waals surface area (Å²) in [4.78, 5) is 24.5. The average molecular weight is 527 g/mol. The number of hydrogen-bond donors (Lipinski definition) is 0. The summed E-state index contributed by atoms with van der Waals surface area (Å²) >= 11 is 3.27. The van der Waals surface area contributed by atoms with Crippen LogP contribution in [-0.4, -0.2) is 37.9 Å². The van der Waals surface area contributed by atoms with Gasteiger partial charge < -0.3 is 13.7 Å². The molecule has 0 aliphatic carbocycles. The molecule has 0 atom stereocenters. The van der Waals surface area contributed by atoms with Gasteiger partial charge in [-0.1, -0.05) is 22.0 Å². The Morgan fingerprint density at radius 1 is 1.16 bits per heavy atom. The number of nitrogens with zero attached hydrogens (tertiary/aromatic N) is 2. The average Bonchev–Trinajstić information content (AvgIpc) is 2.73. The summed E-state index contributed by atoms with van der Waals surface area (Å²) in [7, 11) is -3.53. The molecule has 0 spiro atoms. The maximum Gasteiger partial charge on any atom is 0.362 e. The summed E-state index contributed by atoms with van der Waals surface area (Å²) in [6.45, 7) is 1.50. The van der Waals surface area contributed by atoms with E-state index in [1.54, 1.807) is 24.3 Å². The predicted octanol–water partition coefficient (Wildman–Crippen LogP) is 3.09. The maximum absolute atomic E-state index is 13.7. The van der Waals surface area contributed by atoms with Gasteiger partial charge in [-0.15, -0.1) is 0 Å². The number of methoxy groups -OCH3 is 1. The number of hydrogen-bond acceptors (Lipinski definition) is 8. The first-order valence-corrected chi connectivity index (χ1v) is 11.2. The molecule has 0 N–H and O–H groups in total. The van der Waals surface area contributed by atoms with Gasteiger partial charge in [0.1, 0.15) is 11.6 Å². The van der Waals surface area contributed by atoms with Crippen molar-refractivity contribution < 1.29 is 31.3 Å². The van der Waals surface area contributed by atoms with Crippen molar-refractivity contribution in [3.63, 3.8) is 0 Å². The molecule has 2 aromatic carbocycles. The Kier molecular flexibility index (Phi) is 6.94. The summed E-state index contributed by atoms with van der Waals surface area (Å²) in [6.07, 6.45) is 0. The second-order valence-electron chi connectivity index (χ2n) is 6.14. The van der Waals surface area contributed by atoms with Gasteiger partial charge in [-0.05, 0) is 43.3 Å². The van der Waals surface area contributed by atoms with Gasteiger partial charge in [0.15, 0.2) is 10.6 Å². The molecule has 9 nitrogen and oxygen atoms in total. The third-order valence-corrected chi connectivity index (χ3v) is 5.76. The van der Waals surface area contributed by atoms with E-state index < -0.39 is 43.8 Å². The number of benzene rings is 2. The van der Waals surface area contributed by atoms with Crippen LogP contribution in [0.2, 0.25) is 0 Å². The molecule has 0 aliphatic rings. The van der Waals surface area contributed by atoms with E-state index in [2.05, 4.69) is 21.0 Å². The van der Waals surface area contributed by atoms with Gasteiger partial charge in [-0.2, -0.15) is 18.2 Å². The quantitative estimate of drug-likeness (QED) is 0.340. The van der Waals surface area contributed by atoms with E-state index >= 15 is 0 Å². The standard InChI is InChI=1S/C20H16BrFN2O7S/c1-3-30-20(26)19-16(11-18(25)24(23-19)14-6-4-5-12(21)9-14)31-32(27,28)17-10-13(22)7-8-15(17)29-2/h4-11H,3H2,1-2H3. The molecular weight excluding hydrogens is 511 g/mol. The van der Waals surface area contributed by atoms with Crippen molar-refractivity contribution in [3.05, 3.63) is 74.9 Å². The topological polar surface area (TPSA) is 114 Å². The number of rotatable bonds is 7. The summed E-state index contributed by atoms with van der Waals surface area (Å²) in [5, 5.41) is 3.95. The van der Waals surface area contributed by atoms with Crippen molar-refractivity contribution in [1.82, 2.24) is 9.78 Å². The zero-order chi connectivity index (χ0) is 23.5. The number of carbonyl (C=O) groups is 1. The highest BCUT2D eigenvalue weighted by Gasteiger charge is 2.28. The number of ether oxygens (including phenoxy) is 2. The zero-order valence-electron chi connectivity index (χ0n) is 16.7. The van der Waals surface area contributed by atoms with Crippen molar-refractivity contribution in [2.75, 3.05) is 13.7 Å². The monoisotopic (exact) mass is 526 g/mol. The number of aromatic nitrogens is 2. The summed E-state index contributed by atoms with van der Waals surface area (Å²) < 4.78 is 55.7. The number of esters is 1. The Morgan fingerprint density at radius 3 is 2.56 bits per heavy atom. The van der Waals surface area contributed by atoms with Crippen LogP contribution in [0.5, 0.6) is 11.5 Å². The molecule has 168 valence electrons. The van der Waals surface area contributed by atoms with Crippen LogP contribution in [0.1, 0.15) is 17.4 Å². The molecule has 0 radical (unpaired) electrons. The van der Waals surface area contributed by atoms with Gasteiger partial charge in [0.05, 0.1) is 25.5 Å². The Morgan fingerprint density at radius 2 is 1.91 bits per heavy atom. The van der Waals surface area contributed by atoms with Crippen molar-refractivity contribution in [3.8, 4) is 17.2 Å². The minimum Gasteiger partial charge on any atom is -0.495 e. The van der Waals surface area contributed by atoms with Gasteiger partial charge in [0.25, 0.3) is 5.56 Å². The van der Waals surface area contributed by atoms with Crippen molar-refractivity contribution in [1.29, 1.82) is 0 Å². The lowest BCUT2D eigenvalue weighted by atomic mass is 10.3. The predicted molar refractivity (Wildman–Crippen MR) is 114 cm³/mol. The number of halogens is 2. The summed E-state index contributed by atoms with van der Waals surface area (Å²) in [5.74, 6) is -2.75. The van der Waals surface area contributed by atoms with Gasteiger partial charge in [-0.25, -0.2) is 9.18 Å². The van der Waals surface area contributed by atoms with Crippen LogP contribution in [0.25, 0.3) is 5.69 Å². The van der Waals surface area contributed by atoms with Gasteiger partial charge in [0.2, 0.25) is 5.69 Å². The van der Waals surface area contributed by atoms with E-state index in [4.69, 9.17) is 13.7 Å². The highest BCUT2D eigenvalue weighted by atomic mass is 79.9. The van der Waals surface area contributed by atoms with E-state index in [9.17, 15) is 22.4 Å². The second-order valence-corrected chi connectivity index (χ2v) is 8.57. The lowest BCUT2D eigenvalue weighted by Gasteiger charge is -2.14. The normalized spacial score (nSPS) is 11.1. The highest BCUT2D eigenvalue weighted by molar-refractivity contribution is 9.10. The van der Waals surface area contributed by atoms with Crippen LogP contribution in [0.15, 0.2) is 62.7 Å². The maximum atomic E-state index is 13.7. The van der Waals surface area contributed by atoms with Crippen LogP contribution >= 0.6 is 15.9 Å². The molecule has 0 fully saturated rings. The van der Waals surface area contributed by atoms with Crippen molar-refractivity contribution in [2.45, 2.75) is 11.8 Å². The Bertz CT molecular complexity index is 1340. The van der Waals surface area contributed by atoms with Crippen LogP contribution < -0.4 is 14.5 Å².